The Labute approximate surface area is 128 Å². The fourth-order valence-corrected chi connectivity index (χ4v) is 3.04. The molecule has 1 N–H and O–H groups in total. The van der Waals surface area contributed by atoms with E-state index < -0.39 is 14.6 Å². The number of nitrogens with one attached hydrogen (secondary N) is 1. The summed E-state index contributed by atoms with van der Waals surface area (Å²) < 4.78 is 28.8. The lowest BCUT2D eigenvalue weighted by Crippen LogP contribution is -2.52. The Morgan fingerprint density at radius 2 is 1.95 bits per heavy atom. The zero-order valence-electron chi connectivity index (χ0n) is 13.9. The van der Waals surface area contributed by atoms with Gasteiger partial charge in [0.2, 0.25) is 0 Å². The molecule has 1 unspecified atom stereocenters. The van der Waals surface area contributed by atoms with Crippen LogP contribution in [0.3, 0.4) is 0 Å². The molecule has 0 aliphatic carbocycles. The zero-order chi connectivity index (χ0) is 16.3. The van der Waals surface area contributed by atoms with Gasteiger partial charge in [0.05, 0.1) is 11.9 Å². The van der Waals surface area contributed by atoms with Gasteiger partial charge in [-0.15, -0.1) is 0 Å². The van der Waals surface area contributed by atoms with Crippen molar-refractivity contribution in [1.82, 2.24) is 5.32 Å². The van der Waals surface area contributed by atoms with E-state index in [0.29, 0.717) is 6.42 Å². The zero-order valence-corrected chi connectivity index (χ0v) is 14.7. The first-order chi connectivity index (χ1) is 9.63. The highest BCUT2D eigenvalue weighted by molar-refractivity contribution is 7.92. The molecule has 21 heavy (non-hydrogen) atoms. The van der Waals surface area contributed by atoms with Gasteiger partial charge in [0, 0.05) is 12.3 Å². The van der Waals surface area contributed by atoms with Crippen LogP contribution in [0.1, 0.15) is 31.9 Å². The van der Waals surface area contributed by atoms with Crippen LogP contribution in [0, 0.1) is 6.92 Å². The van der Waals surface area contributed by atoms with Crippen LogP contribution in [-0.4, -0.2) is 39.1 Å². The van der Waals surface area contributed by atoms with Crippen molar-refractivity contribution in [1.29, 1.82) is 0 Å². The van der Waals surface area contributed by atoms with Crippen molar-refractivity contribution in [2.75, 3.05) is 19.9 Å². The molecule has 1 aromatic rings. The molecular formula is C16H27NO3S. The molecule has 0 aliphatic heterocycles. The molecule has 0 fully saturated rings. The van der Waals surface area contributed by atoms with Crippen molar-refractivity contribution in [3.63, 3.8) is 0 Å². The van der Waals surface area contributed by atoms with Gasteiger partial charge < -0.3 is 10.1 Å². The van der Waals surface area contributed by atoms with Gasteiger partial charge in [0.1, 0.15) is 5.75 Å². The molecule has 0 bridgehead atoms. The average Bonchev–Trinajstić information content (AvgIpc) is 2.37. The van der Waals surface area contributed by atoms with E-state index in [1.165, 1.54) is 6.26 Å². The number of sulfone groups is 1. The SMILES string of the molecule is CCNC(Cc1cc(C)ccc1OC)C(C)(C)S(C)(=O)=O. The largest absolute Gasteiger partial charge is 0.496 e. The van der Waals surface area contributed by atoms with Crippen molar-refractivity contribution in [2.24, 2.45) is 0 Å². The van der Waals surface area contributed by atoms with Crippen LogP contribution < -0.4 is 10.1 Å². The number of aryl methyl sites for hydroxylation is 1. The molecule has 0 aliphatic rings. The first-order valence-corrected chi connectivity index (χ1v) is 9.09. The van der Waals surface area contributed by atoms with E-state index in [9.17, 15) is 8.42 Å². The fraction of sp³-hybridized carbons (Fsp3) is 0.625. The molecule has 0 radical (unpaired) electrons. The Bertz CT molecular complexity index is 579. The molecule has 120 valence electrons. The average molecular weight is 313 g/mol. The predicted molar refractivity (Wildman–Crippen MR) is 87.8 cm³/mol. The number of likely N-dealkylation sites (N-methyl/N-ethyl adjacent to an activating group) is 1. The minimum atomic E-state index is -3.18. The lowest BCUT2D eigenvalue weighted by molar-refractivity contribution is 0.388. The molecule has 0 spiro atoms. The molecule has 1 aromatic carbocycles. The maximum Gasteiger partial charge on any atom is 0.154 e. The summed E-state index contributed by atoms with van der Waals surface area (Å²) in [7, 11) is -1.54. The van der Waals surface area contributed by atoms with Crippen LogP contribution >= 0.6 is 0 Å². The molecule has 1 rings (SSSR count). The van der Waals surface area contributed by atoms with Gasteiger partial charge in [-0.05, 0) is 45.4 Å². The second-order valence-corrected chi connectivity index (χ2v) is 8.60. The summed E-state index contributed by atoms with van der Waals surface area (Å²) in [6, 6.07) is 5.81. The first-order valence-electron chi connectivity index (χ1n) is 7.20. The summed E-state index contributed by atoms with van der Waals surface area (Å²) in [5.41, 5.74) is 2.17. The highest BCUT2D eigenvalue weighted by Crippen LogP contribution is 2.27. The van der Waals surface area contributed by atoms with Gasteiger partial charge >= 0.3 is 0 Å². The van der Waals surface area contributed by atoms with Gasteiger partial charge in [0.25, 0.3) is 0 Å². The smallest absolute Gasteiger partial charge is 0.154 e. The third kappa shape index (κ3) is 4.20. The molecule has 0 saturated carbocycles. The highest BCUT2D eigenvalue weighted by atomic mass is 32.2. The summed E-state index contributed by atoms with van der Waals surface area (Å²) in [5, 5.41) is 3.31. The second-order valence-electron chi connectivity index (χ2n) is 6.01. The maximum atomic E-state index is 12.1. The number of hydrogen-bond acceptors (Lipinski definition) is 4. The molecule has 0 saturated heterocycles. The second kappa shape index (κ2) is 6.79. The number of hydrogen-bond donors (Lipinski definition) is 1. The molecule has 4 nitrogen and oxygen atoms in total. The summed E-state index contributed by atoms with van der Waals surface area (Å²) >= 11 is 0. The van der Waals surface area contributed by atoms with Gasteiger partial charge in [-0.1, -0.05) is 24.6 Å². The fourth-order valence-electron chi connectivity index (χ4n) is 2.36. The molecule has 0 heterocycles. The van der Waals surface area contributed by atoms with Crippen LogP contribution in [0.25, 0.3) is 0 Å². The normalized spacial score (nSPS) is 14.0. The van der Waals surface area contributed by atoms with Crippen molar-refractivity contribution in [3.8, 4) is 5.75 Å². The summed E-state index contributed by atoms with van der Waals surface area (Å²) in [4.78, 5) is 0. The first kappa shape index (κ1) is 18.0. The van der Waals surface area contributed by atoms with Crippen LogP contribution in [0.5, 0.6) is 5.75 Å². The Balaban J connectivity index is 3.18. The van der Waals surface area contributed by atoms with E-state index in [0.717, 1.165) is 23.4 Å². The Morgan fingerprint density at radius 1 is 1.33 bits per heavy atom. The van der Waals surface area contributed by atoms with Crippen LogP contribution in [0.15, 0.2) is 18.2 Å². The maximum absolute atomic E-state index is 12.1. The molecule has 1 atom stereocenters. The Morgan fingerprint density at radius 3 is 2.43 bits per heavy atom. The van der Waals surface area contributed by atoms with E-state index >= 15 is 0 Å². The number of methoxy groups -OCH3 is 1. The molecular weight excluding hydrogens is 286 g/mol. The standard InChI is InChI=1S/C16H27NO3S/c1-7-17-15(16(3,4)21(6,18)19)11-13-10-12(2)8-9-14(13)20-5/h8-10,15,17H,7,11H2,1-6H3. The number of ether oxygens (including phenoxy) is 1. The van der Waals surface area contributed by atoms with E-state index in [4.69, 9.17) is 4.74 Å². The molecule has 0 aromatic heterocycles. The summed E-state index contributed by atoms with van der Waals surface area (Å²) in [5.74, 6) is 0.799. The van der Waals surface area contributed by atoms with E-state index in [1.807, 2.05) is 26.0 Å². The molecule has 0 amide bonds. The lowest BCUT2D eigenvalue weighted by atomic mass is 9.94. The number of rotatable bonds is 7. The third-order valence-corrected chi connectivity index (χ3v) is 6.30. The Kier molecular flexibility index (Phi) is 5.82. The van der Waals surface area contributed by atoms with Crippen LogP contribution in [0.2, 0.25) is 0 Å². The minimum absolute atomic E-state index is 0.173. The van der Waals surface area contributed by atoms with Crippen molar-refractivity contribution >= 4 is 9.84 Å². The monoisotopic (exact) mass is 313 g/mol. The van der Waals surface area contributed by atoms with Crippen LogP contribution in [0.4, 0.5) is 0 Å². The van der Waals surface area contributed by atoms with Gasteiger partial charge in [0.15, 0.2) is 9.84 Å². The van der Waals surface area contributed by atoms with Gasteiger partial charge in [-0.3, -0.25) is 0 Å². The quantitative estimate of drug-likeness (QED) is 0.839. The number of benzene rings is 1. The predicted octanol–water partition coefficient (Wildman–Crippen LogP) is 2.35. The summed E-state index contributed by atoms with van der Waals surface area (Å²) in [6.45, 7) is 8.28. The van der Waals surface area contributed by atoms with E-state index in [2.05, 4.69) is 11.4 Å². The van der Waals surface area contributed by atoms with E-state index in [1.54, 1.807) is 21.0 Å². The van der Waals surface area contributed by atoms with Crippen molar-refractivity contribution < 1.29 is 13.2 Å². The summed E-state index contributed by atoms with van der Waals surface area (Å²) in [6.07, 6.45) is 1.91. The lowest BCUT2D eigenvalue weighted by Gasteiger charge is -2.33. The van der Waals surface area contributed by atoms with Gasteiger partial charge in [-0.25, -0.2) is 8.42 Å². The molecule has 5 heteroatoms. The van der Waals surface area contributed by atoms with Crippen molar-refractivity contribution in [3.05, 3.63) is 29.3 Å². The Hall–Kier alpha value is -1.07. The van der Waals surface area contributed by atoms with Crippen LogP contribution in [-0.2, 0) is 16.3 Å². The van der Waals surface area contributed by atoms with Gasteiger partial charge in [-0.2, -0.15) is 0 Å². The van der Waals surface area contributed by atoms with E-state index in [-0.39, 0.29) is 6.04 Å². The third-order valence-electron chi connectivity index (χ3n) is 4.11. The topological polar surface area (TPSA) is 55.4 Å². The minimum Gasteiger partial charge on any atom is -0.496 e. The highest BCUT2D eigenvalue weighted by Gasteiger charge is 2.38. The van der Waals surface area contributed by atoms with Crippen molar-refractivity contribution in [2.45, 2.75) is 44.9 Å².